The van der Waals surface area contributed by atoms with Crippen LogP contribution in [0.15, 0.2) is 16.6 Å². The summed E-state index contributed by atoms with van der Waals surface area (Å²) in [5.74, 6) is 2.63. The highest BCUT2D eigenvalue weighted by Gasteiger charge is 2.49. The molecule has 0 aromatic carbocycles. The van der Waals surface area contributed by atoms with E-state index in [1.54, 1.807) is 0 Å². The van der Waals surface area contributed by atoms with Crippen LogP contribution in [0.3, 0.4) is 0 Å². The SMILES string of the molecule is Cc1nc(N2CC3CNCC3C2(C)C)ccc1Br. The average Bonchev–Trinajstić information content (AvgIpc) is 2.86. The van der Waals surface area contributed by atoms with Crippen molar-refractivity contribution in [3.63, 3.8) is 0 Å². The van der Waals surface area contributed by atoms with Crippen LogP contribution in [0.2, 0.25) is 0 Å². The number of fused-ring (bicyclic) bond motifs is 1. The van der Waals surface area contributed by atoms with E-state index in [1.165, 1.54) is 0 Å². The van der Waals surface area contributed by atoms with E-state index in [0.717, 1.165) is 47.5 Å². The van der Waals surface area contributed by atoms with Crippen LogP contribution in [0.25, 0.3) is 0 Å². The molecule has 0 aliphatic carbocycles. The molecule has 0 saturated carbocycles. The summed E-state index contributed by atoms with van der Waals surface area (Å²) in [6.45, 7) is 10.2. The molecule has 3 rings (SSSR count). The van der Waals surface area contributed by atoms with E-state index >= 15 is 0 Å². The van der Waals surface area contributed by atoms with Gasteiger partial charge in [0, 0.05) is 29.6 Å². The molecule has 0 amide bonds. The predicted octanol–water partition coefficient (Wildman–Crippen LogP) is 2.59. The van der Waals surface area contributed by atoms with Crippen LogP contribution in [0.5, 0.6) is 0 Å². The third-order valence-corrected chi connectivity index (χ3v) is 5.48. The van der Waals surface area contributed by atoms with Gasteiger partial charge in [0.1, 0.15) is 5.82 Å². The molecule has 1 aromatic heterocycles. The second-order valence-electron chi connectivity index (χ2n) is 6.03. The maximum absolute atomic E-state index is 4.74. The summed E-state index contributed by atoms with van der Waals surface area (Å²) in [7, 11) is 0. The van der Waals surface area contributed by atoms with E-state index in [4.69, 9.17) is 4.98 Å². The fourth-order valence-corrected chi connectivity index (χ4v) is 3.71. The Balaban J connectivity index is 1.95. The summed E-state index contributed by atoms with van der Waals surface area (Å²) >= 11 is 3.52. The molecule has 3 heterocycles. The number of halogens is 1. The van der Waals surface area contributed by atoms with Crippen molar-refractivity contribution in [1.29, 1.82) is 0 Å². The molecule has 0 radical (unpaired) electrons. The van der Waals surface area contributed by atoms with Gasteiger partial charge in [-0.3, -0.25) is 0 Å². The van der Waals surface area contributed by atoms with Crippen molar-refractivity contribution < 1.29 is 0 Å². The van der Waals surface area contributed by atoms with Gasteiger partial charge in [0.05, 0.1) is 5.69 Å². The Hall–Kier alpha value is -0.610. The molecule has 0 spiro atoms. The topological polar surface area (TPSA) is 28.2 Å². The first kappa shape index (κ1) is 12.4. The average molecular weight is 310 g/mol. The van der Waals surface area contributed by atoms with Gasteiger partial charge in [-0.05, 0) is 60.7 Å². The lowest BCUT2D eigenvalue weighted by Gasteiger charge is -2.36. The smallest absolute Gasteiger partial charge is 0.129 e. The molecule has 2 aliphatic rings. The van der Waals surface area contributed by atoms with Gasteiger partial charge in [-0.15, -0.1) is 0 Å². The summed E-state index contributed by atoms with van der Waals surface area (Å²) in [4.78, 5) is 7.22. The zero-order chi connectivity index (χ0) is 12.9. The van der Waals surface area contributed by atoms with E-state index in [2.05, 4.69) is 59.1 Å². The molecule has 98 valence electrons. The molecule has 0 bridgehead atoms. The van der Waals surface area contributed by atoms with Crippen molar-refractivity contribution in [1.82, 2.24) is 10.3 Å². The van der Waals surface area contributed by atoms with Crippen LogP contribution in [-0.4, -0.2) is 30.2 Å². The quantitative estimate of drug-likeness (QED) is 0.864. The highest BCUT2D eigenvalue weighted by molar-refractivity contribution is 9.10. The number of rotatable bonds is 1. The Kier molecular flexibility index (Phi) is 2.90. The molecular weight excluding hydrogens is 290 g/mol. The fraction of sp³-hybridized carbons (Fsp3) is 0.643. The molecular formula is C14H20BrN3. The number of aryl methyl sites for hydroxylation is 1. The van der Waals surface area contributed by atoms with Gasteiger partial charge in [0.25, 0.3) is 0 Å². The van der Waals surface area contributed by atoms with Crippen LogP contribution in [-0.2, 0) is 0 Å². The minimum Gasteiger partial charge on any atom is -0.351 e. The first-order valence-electron chi connectivity index (χ1n) is 6.61. The molecule has 1 N–H and O–H groups in total. The number of aromatic nitrogens is 1. The molecule has 2 atom stereocenters. The van der Waals surface area contributed by atoms with Gasteiger partial charge < -0.3 is 10.2 Å². The molecule has 2 aliphatic heterocycles. The van der Waals surface area contributed by atoms with E-state index < -0.39 is 0 Å². The summed E-state index contributed by atoms with van der Waals surface area (Å²) in [5.41, 5.74) is 1.26. The van der Waals surface area contributed by atoms with Crippen molar-refractivity contribution in [3.05, 3.63) is 22.3 Å². The van der Waals surface area contributed by atoms with Crippen molar-refractivity contribution >= 4 is 21.7 Å². The standard InChI is InChI=1S/C14H20BrN3/c1-9-12(15)4-5-13(17-9)18-8-10-6-16-7-11(10)14(18,2)3/h4-5,10-11,16H,6-8H2,1-3H3. The lowest BCUT2D eigenvalue weighted by atomic mass is 9.85. The van der Waals surface area contributed by atoms with Gasteiger partial charge in [-0.1, -0.05) is 0 Å². The van der Waals surface area contributed by atoms with Crippen molar-refractivity contribution in [2.24, 2.45) is 11.8 Å². The van der Waals surface area contributed by atoms with Gasteiger partial charge >= 0.3 is 0 Å². The van der Waals surface area contributed by atoms with Crippen molar-refractivity contribution in [3.8, 4) is 0 Å². The normalized spacial score (nSPS) is 29.7. The Bertz CT molecular complexity index is 472. The number of nitrogens with zero attached hydrogens (tertiary/aromatic N) is 2. The Morgan fingerprint density at radius 2 is 2.17 bits per heavy atom. The van der Waals surface area contributed by atoms with Crippen LogP contribution >= 0.6 is 15.9 Å². The summed E-state index contributed by atoms with van der Waals surface area (Å²) in [5, 5.41) is 3.52. The van der Waals surface area contributed by atoms with Gasteiger partial charge in [-0.25, -0.2) is 4.98 Å². The minimum atomic E-state index is 0.196. The highest BCUT2D eigenvalue weighted by atomic mass is 79.9. The Morgan fingerprint density at radius 3 is 2.83 bits per heavy atom. The summed E-state index contributed by atoms with van der Waals surface area (Å²) in [6, 6.07) is 4.24. The Labute approximate surface area is 117 Å². The maximum Gasteiger partial charge on any atom is 0.129 e. The lowest BCUT2D eigenvalue weighted by molar-refractivity contribution is 0.356. The maximum atomic E-state index is 4.74. The van der Waals surface area contributed by atoms with Gasteiger partial charge in [0.15, 0.2) is 0 Å². The number of anilines is 1. The number of pyridine rings is 1. The second-order valence-corrected chi connectivity index (χ2v) is 6.88. The monoisotopic (exact) mass is 309 g/mol. The fourth-order valence-electron chi connectivity index (χ4n) is 3.49. The zero-order valence-corrected chi connectivity index (χ0v) is 12.8. The zero-order valence-electron chi connectivity index (χ0n) is 11.2. The van der Waals surface area contributed by atoms with E-state index in [1.807, 2.05) is 0 Å². The van der Waals surface area contributed by atoms with Crippen molar-refractivity contribution in [2.45, 2.75) is 26.3 Å². The van der Waals surface area contributed by atoms with E-state index in [9.17, 15) is 0 Å². The Morgan fingerprint density at radius 1 is 1.39 bits per heavy atom. The lowest BCUT2D eigenvalue weighted by Crippen LogP contribution is -2.45. The number of hydrogen-bond donors (Lipinski definition) is 1. The number of nitrogens with one attached hydrogen (secondary N) is 1. The van der Waals surface area contributed by atoms with Crippen LogP contribution in [0.4, 0.5) is 5.82 Å². The highest BCUT2D eigenvalue weighted by Crippen LogP contribution is 2.42. The van der Waals surface area contributed by atoms with Crippen LogP contribution in [0, 0.1) is 18.8 Å². The second kappa shape index (κ2) is 4.20. The first-order chi connectivity index (χ1) is 8.50. The van der Waals surface area contributed by atoms with E-state index in [0.29, 0.717) is 0 Å². The number of hydrogen-bond acceptors (Lipinski definition) is 3. The predicted molar refractivity (Wildman–Crippen MR) is 77.9 cm³/mol. The first-order valence-corrected chi connectivity index (χ1v) is 7.41. The molecule has 1 aromatic rings. The minimum absolute atomic E-state index is 0.196. The van der Waals surface area contributed by atoms with Crippen LogP contribution < -0.4 is 10.2 Å². The molecule has 18 heavy (non-hydrogen) atoms. The third kappa shape index (κ3) is 1.77. The largest absolute Gasteiger partial charge is 0.351 e. The summed E-state index contributed by atoms with van der Waals surface area (Å²) in [6.07, 6.45) is 0. The van der Waals surface area contributed by atoms with Crippen LogP contribution in [0.1, 0.15) is 19.5 Å². The molecule has 4 heteroatoms. The van der Waals surface area contributed by atoms with Crippen molar-refractivity contribution in [2.75, 3.05) is 24.5 Å². The molecule has 2 saturated heterocycles. The molecule has 2 unspecified atom stereocenters. The van der Waals surface area contributed by atoms with Gasteiger partial charge in [-0.2, -0.15) is 0 Å². The molecule has 2 fully saturated rings. The van der Waals surface area contributed by atoms with E-state index in [-0.39, 0.29) is 5.54 Å². The third-order valence-electron chi connectivity index (χ3n) is 4.64. The molecule has 3 nitrogen and oxygen atoms in total. The summed E-state index contributed by atoms with van der Waals surface area (Å²) < 4.78 is 1.09. The van der Waals surface area contributed by atoms with Gasteiger partial charge in [0.2, 0.25) is 0 Å².